The third-order valence-corrected chi connectivity index (χ3v) is 1.53. The lowest BCUT2D eigenvalue weighted by Crippen LogP contribution is -2.37. The van der Waals surface area contributed by atoms with E-state index in [0.29, 0.717) is 0 Å². The van der Waals surface area contributed by atoms with Crippen molar-refractivity contribution in [2.75, 3.05) is 0 Å². The van der Waals surface area contributed by atoms with Gasteiger partial charge in [0, 0.05) is 0 Å². The number of hydrogen-bond acceptors (Lipinski definition) is 2. The summed E-state index contributed by atoms with van der Waals surface area (Å²) in [5.74, 6) is 0. The van der Waals surface area contributed by atoms with Crippen molar-refractivity contribution in [3.63, 3.8) is 0 Å². The Bertz CT molecular complexity index is 105. The zero-order valence-electron chi connectivity index (χ0n) is 4.55. The molecule has 1 unspecified atom stereocenters. The molecular formula is C5H9NOS. The highest BCUT2D eigenvalue weighted by molar-refractivity contribution is 7.80. The van der Waals surface area contributed by atoms with Gasteiger partial charge in [0.05, 0.1) is 4.99 Å². The van der Waals surface area contributed by atoms with Gasteiger partial charge in [-0.25, -0.2) is 0 Å². The van der Waals surface area contributed by atoms with E-state index >= 15 is 0 Å². The van der Waals surface area contributed by atoms with E-state index in [2.05, 4.69) is 5.32 Å². The second-order valence-electron chi connectivity index (χ2n) is 1.98. The van der Waals surface area contributed by atoms with E-state index in [9.17, 15) is 0 Å². The molecule has 1 saturated heterocycles. The summed E-state index contributed by atoms with van der Waals surface area (Å²) in [6.45, 7) is 0. The van der Waals surface area contributed by atoms with Gasteiger partial charge < -0.3 is 10.4 Å². The van der Waals surface area contributed by atoms with Gasteiger partial charge in [-0.3, -0.25) is 0 Å². The standard InChI is InChI=1S/C5H9NOS/c7-4-2-1-3-5(8)6-4/h4,7H,1-3H2,(H,6,8). The fourth-order valence-corrected chi connectivity index (χ4v) is 1.07. The summed E-state index contributed by atoms with van der Waals surface area (Å²) in [7, 11) is 0. The number of nitrogens with one attached hydrogen (secondary N) is 1. The lowest BCUT2D eigenvalue weighted by Gasteiger charge is -2.19. The van der Waals surface area contributed by atoms with Gasteiger partial charge in [-0.15, -0.1) is 0 Å². The molecule has 2 nitrogen and oxygen atoms in total. The minimum absolute atomic E-state index is 0.378. The molecule has 0 aliphatic carbocycles. The normalized spacial score (nSPS) is 29.6. The Morgan fingerprint density at radius 2 is 2.50 bits per heavy atom. The second kappa shape index (κ2) is 2.42. The SMILES string of the molecule is OC1CCCC(=S)N1. The highest BCUT2D eigenvalue weighted by Gasteiger charge is 2.10. The molecule has 1 rings (SSSR count). The van der Waals surface area contributed by atoms with Crippen LogP contribution < -0.4 is 5.32 Å². The van der Waals surface area contributed by atoms with E-state index in [1.54, 1.807) is 0 Å². The van der Waals surface area contributed by atoms with E-state index in [0.717, 1.165) is 24.3 Å². The third-order valence-electron chi connectivity index (χ3n) is 1.21. The molecule has 8 heavy (non-hydrogen) atoms. The zero-order valence-corrected chi connectivity index (χ0v) is 5.37. The Labute approximate surface area is 53.9 Å². The zero-order chi connectivity index (χ0) is 5.98. The van der Waals surface area contributed by atoms with Gasteiger partial charge in [0.1, 0.15) is 6.23 Å². The van der Waals surface area contributed by atoms with Crippen molar-refractivity contribution in [1.82, 2.24) is 5.32 Å². The van der Waals surface area contributed by atoms with Crippen LogP contribution in [0.3, 0.4) is 0 Å². The lowest BCUT2D eigenvalue weighted by atomic mass is 10.1. The van der Waals surface area contributed by atoms with Crippen molar-refractivity contribution in [3.05, 3.63) is 0 Å². The summed E-state index contributed by atoms with van der Waals surface area (Å²) in [4.78, 5) is 0.795. The molecule has 0 radical (unpaired) electrons. The molecule has 1 atom stereocenters. The van der Waals surface area contributed by atoms with Crippen LogP contribution in [0.5, 0.6) is 0 Å². The Morgan fingerprint density at radius 3 is 2.88 bits per heavy atom. The van der Waals surface area contributed by atoms with Gasteiger partial charge in [0.2, 0.25) is 0 Å². The number of aliphatic hydroxyl groups is 1. The quantitative estimate of drug-likeness (QED) is 0.467. The van der Waals surface area contributed by atoms with Crippen LogP contribution >= 0.6 is 12.2 Å². The summed E-state index contributed by atoms with van der Waals surface area (Å²) in [5.41, 5.74) is 0. The van der Waals surface area contributed by atoms with Crippen LogP contribution in [0.15, 0.2) is 0 Å². The first kappa shape index (κ1) is 5.98. The summed E-state index contributed by atoms with van der Waals surface area (Å²) < 4.78 is 0. The Morgan fingerprint density at radius 1 is 1.75 bits per heavy atom. The molecule has 0 aromatic carbocycles. The number of rotatable bonds is 0. The number of hydrogen-bond donors (Lipinski definition) is 2. The molecule has 1 aliphatic rings. The molecule has 0 saturated carbocycles. The highest BCUT2D eigenvalue weighted by atomic mass is 32.1. The first-order valence-electron chi connectivity index (χ1n) is 2.76. The molecule has 2 N–H and O–H groups in total. The molecule has 3 heteroatoms. The van der Waals surface area contributed by atoms with Crippen molar-refractivity contribution in [3.8, 4) is 0 Å². The molecule has 0 amide bonds. The first-order valence-corrected chi connectivity index (χ1v) is 3.17. The van der Waals surface area contributed by atoms with E-state index < -0.39 is 0 Å². The van der Waals surface area contributed by atoms with E-state index in [1.165, 1.54) is 0 Å². The average Bonchev–Trinajstić information content (AvgIpc) is 1.64. The summed E-state index contributed by atoms with van der Waals surface area (Å²) in [5, 5.41) is 11.6. The molecule has 1 aliphatic heterocycles. The van der Waals surface area contributed by atoms with Gasteiger partial charge in [-0.05, 0) is 19.3 Å². The highest BCUT2D eigenvalue weighted by Crippen LogP contribution is 2.05. The van der Waals surface area contributed by atoms with E-state index in [-0.39, 0.29) is 6.23 Å². The van der Waals surface area contributed by atoms with Crippen LogP contribution in [0, 0.1) is 0 Å². The lowest BCUT2D eigenvalue weighted by molar-refractivity contribution is 0.140. The second-order valence-corrected chi connectivity index (χ2v) is 2.47. The van der Waals surface area contributed by atoms with Crippen molar-refractivity contribution in [2.24, 2.45) is 0 Å². The fraction of sp³-hybridized carbons (Fsp3) is 0.800. The van der Waals surface area contributed by atoms with Gasteiger partial charge in [0.25, 0.3) is 0 Å². The van der Waals surface area contributed by atoms with Crippen molar-refractivity contribution >= 4 is 17.2 Å². The maximum absolute atomic E-state index is 8.88. The van der Waals surface area contributed by atoms with Crippen molar-refractivity contribution < 1.29 is 5.11 Å². The summed E-state index contributed by atoms with van der Waals surface area (Å²) >= 11 is 4.81. The molecule has 46 valence electrons. The molecule has 1 heterocycles. The Kier molecular flexibility index (Phi) is 1.81. The Balaban J connectivity index is 2.34. The smallest absolute Gasteiger partial charge is 0.124 e. The maximum Gasteiger partial charge on any atom is 0.124 e. The minimum Gasteiger partial charge on any atom is -0.374 e. The molecule has 0 aromatic rings. The van der Waals surface area contributed by atoms with E-state index in [4.69, 9.17) is 17.3 Å². The van der Waals surface area contributed by atoms with Gasteiger partial charge >= 0.3 is 0 Å². The Hall–Kier alpha value is -0.150. The number of piperidine rings is 1. The average molecular weight is 131 g/mol. The molecular weight excluding hydrogens is 122 g/mol. The minimum atomic E-state index is -0.378. The van der Waals surface area contributed by atoms with Crippen LogP contribution in [0.4, 0.5) is 0 Å². The van der Waals surface area contributed by atoms with Gasteiger partial charge in [0.15, 0.2) is 0 Å². The van der Waals surface area contributed by atoms with Crippen molar-refractivity contribution in [2.45, 2.75) is 25.5 Å². The monoisotopic (exact) mass is 131 g/mol. The topological polar surface area (TPSA) is 32.3 Å². The van der Waals surface area contributed by atoms with Crippen molar-refractivity contribution in [1.29, 1.82) is 0 Å². The number of thiocarbonyl (C=S) groups is 1. The largest absolute Gasteiger partial charge is 0.374 e. The predicted molar refractivity (Wildman–Crippen MR) is 35.6 cm³/mol. The third kappa shape index (κ3) is 1.42. The van der Waals surface area contributed by atoms with E-state index in [1.807, 2.05) is 0 Å². The van der Waals surface area contributed by atoms with Gasteiger partial charge in [-0.2, -0.15) is 0 Å². The molecule has 0 bridgehead atoms. The molecule has 0 spiro atoms. The van der Waals surface area contributed by atoms with Crippen LogP contribution in [0.1, 0.15) is 19.3 Å². The van der Waals surface area contributed by atoms with Crippen LogP contribution in [0.2, 0.25) is 0 Å². The predicted octanol–water partition coefficient (Wildman–Crippen LogP) is 0.406. The summed E-state index contributed by atoms with van der Waals surface area (Å²) in [6, 6.07) is 0. The first-order chi connectivity index (χ1) is 3.79. The molecule has 1 fully saturated rings. The molecule has 0 aromatic heterocycles. The fourth-order valence-electron chi connectivity index (χ4n) is 0.786. The maximum atomic E-state index is 8.88. The number of aliphatic hydroxyl groups excluding tert-OH is 1. The van der Waals surface area contributed by atoms with Crippen LogP contribution in [-0.4, -0.2) is 16.3 Å². The van der Waals surface area contributed by atoms with Crippen LogP contribution in [0.25, 0.3) is 0 Å². The van der Waals surface area contributed by atoms with Gasteiger partial charge in [-0.1, -0.05) is 12.2 Å². The summed E-state index contributed by atoms with van der Waals surface area (Å²) in [6.07, 6.45) is 2.41. The van der Waals surface area contributed by atoms with Crippen LogP contribution in [-0.2, 0) is 0 Å².